The molecule has 18 heavy (non-hydrogen) atoms. The molecule has 0 aliphatic heterocycles. The summed E-state index contributed by atoms with van der Waals surface area (Å²) in [5, 5.41) is 4.33. The molecule has 0 radical (unpaired) electrons. The second-order valence-electron chi connectivity index (χ2n) is 3.54. The molecule has 1 aromatic heterocycles. The van der Waals surface area contributed by atoms with Gasteiger partial charge < -0.3 is 0 Å². The van der Waals surface area contributed by atoms with Gasteiger partial charge in [0.2, 0.25) is 0 Å². The maximum absolute atomic E-state index is 12.7. The summed E-state index contributed by atoms with van der Waals surface area (Å²) < 4.78 is 12.7. The maximum Gasteiger partial charge on any atom is 0.151 e. The summed E-state index contributed by atoms with van der Waals surface area (Å²) in [6.45, 7) is 1.74. The van der Waals surface area contributed by atoms with Gasteiger partial charge in [0, 0.05) is 6.07 Å². The van der Waals surface area contributed by atoms with Crippen LogP contribution in [0, 0.1) is 12.7 Å². The first-order chi connectivity index (χ1) is 8.63. The normalized spacial score (nSPS) is 10.8. The van der Waals surface area contributed by atoms with E-state index in [0.717, 1.165) is 5.56 Å². The number of halogens is 2. The highest BCUT2D eigenvalue weighted by Gasteiger charge is 1.97. The molecule has 0 aliphatic rings. The first kappa shape index (κ1) is 12.4. The van der Waals surface area contributed by atoms with Crippen LogP contribution in [-0.2, 0) is 0 Å². The fraction of sp³-hybridized carbons (Fsp3) is 0.0833. The summed E-state index contributed by atoms with van der Waals surface area (Å²) in [6.07, 6.45) is 1.56. The number of anilines is 1. The van der Waals surface area contributed by atoms with Crippen LogP contribution >= 0.6 is 11.6 Å². The van der Waals surface area contributed by atoms with Crippen LogP contribution in [0.5, 0.6) is 0 Å². The molecule has 0 unspecified atom stereocenters. The van der Waals surface area contributed by atoms with E-state index in [1.54, 1.807) is 31.3 Å². The van der Waals surface area contributed by atoms with Gasteiger partial charge in [0.1, 0.15) is 16.8 Å². The van der Waals surface area contributed by atoms with Crippen molar-refractivity contribution in [3.8, 4) is 0 Å². The number of aryl methyl sites for hydroxylation is 1. The molecule has 0 saturated carbocycles. The summed E-state index contributed by atoms with van der Waals surface area (Å²) in [6, 6.07) is 7.55. The minimum Gasteiger partial charge on any atom is -0.261 e. The number of nitrogens with one attached hydrogen (secondary N) is 1. The van der Waals surface area contributed by atoms with Gasteiger partial charge >= 0.3 is 0 Å². The van der Waals surface area contributed by atoms with Crippen molar-refractivity contribution in [2.75, 3.05) is 5.43 Å². The van der Waals surface area contributed by atoms with Gasteiger partial charge in [0.25, 0.3) is 0 Å². The molecule has 0 aliphatic carbocycles. The third-order valence-corrected chi connectivity index (χ3v) is 2.26. The van der Waals surface area contributed by atoms with E-state index in [-0.39, 0.29) is 5.82 Å². The van der Waals surface area contributed by atoms with Crippen molar-refractivity contribution >= 4 is 23.6 Å². The molecule has 6 heteroatoms. The molecule has 92 valence electrons. The van der Waals surface area contributed by atoms with Crippen LogP contribution in [-0.4, -0.2) is 16.2 Å². The zero-order valence-electron chi connectivity index (χ0n) is 9.56. The molecule has 0 amide bonds. The number of hydrogen-bond donors (Lipinski definition) is 1. The zero-order valence-corrected chi connectivity index (χ0v) is 10.3. The largest absolute Gasteiger partial charge is 0.261 e. The molecular weight excluding hydrogens is 255 g/mol. The average molecular weight is 265 g/mol. The summed E-state index contributed by atoms with van der Waals surface area (Å²) in [5.41, 5.74) is 3.51. The molecule has 0 bridgehead atoms. The van der Waals surface area contributed by atoms with Gasteiger partial charge in [-0.1, -0.05) is 23.7 Å². The van der Waals surface area contributed by atoms with Crippen LogP contribution < -0.4 is 5.43 Å². The van der Waals surface area contributed by atoms with E-state index < -0.39 is 0 Å². The monoisotopic (exact) mass is 264 g/mol. The fourth-order valence-electron chi connectivity index (χ4n) is 1.31. The number of rotatable bonds is 3. The van der Waals surface area contributed by atoms with Crippen LogP contribution in [0.25, 0.3) is 0 Å². The van der Waals surface area contributed by atoms with Gasteiger partial charge in [-0.3, -0.25) is 5.43 Å². The summed E-state index contributed by atoms with van der Waals surface area (Å²) in [5.74, 6) is 0.783. The number of hydrogen-bond acceptors (Lipinski definition) is 4. The van der Waals surface area contributed by atoms with E-state index in [4.69, 9.17) is 11.6 Å². The molecule has 1 N–H and O–H groups in total. The van der Waals surface area contributed by atoms with Gasteiger partial charge in [0.15, 0.2) is 5.82 Å². The third kappa shape index (κ3) is 3.49. The van der Waals surface area contributed by atoms with E-state index in [1.165, 1.54) is 12.1 Å². The molecule has 1 aromatic carbocycles. The van der Waals surface area contributed by atoms with Crippen LogP contribution in [0.3, 0.4) is 0 Å². The molecule has 4 nitrogen and oxygen atoms in total. The van der Waals surface area contributed by atoms with Gasteiger partial charge in [-0.25, -0.2) is 14.4 Å². The van der Waals surface area contributed by atoms with Gasteiger partial charge in [-0.2, -0.15) is 5.10 Å². The van der Waals surface area contributed by atoms with Crippen LogP contribution in [0.1, 0.15) is 11.4 Å². The Morgan fingerprint density at radius 2 is 2.00 bits per heavy atom. The van der Waals surface area contributed by atoms with Crippen molar-refractivity contribution in [2.45, 2.75) is 6.92 Å². The number of aromatic nitrogens is 2. The Morgan fingerprint density at radius 3 is 2.67 bits per heavy atom. The van der Waals surface area contributed by atoms with Crippen molar-refractivity contribution in [3.05, 3.63) is 52.7 Å². The van der Waals surface area contributed by atoms with Crippen molar-refractivity contribution < 1.29 is 4.39 Å². The fourth-order valence-corrected chi connectivity index (χ4v) is 1.54. The Morgan fingerprint density at radius 1 is 1.28 bits per heavy atom. The van der Waals surface area contributed by atoms with Crippen molar-refractivity contribution in [2.24, 2.45) is 5.10 Å². The SMILES string of the molecule is Cc1nc(Cl)cc(NN=Cc2ccc(F)cc2)n1. The maximum atomic E-state index is 12.7. The second kappa shape index (κ2) is 5.55. The lowest BCUT2D eigenvalue weighted by Crippen LogP contribution is -1.97. The quantitative estimate of drug-likeness (QED) is 0.527. The topological polar surface area (TPSA) is 50.2 Å². The number of hydrazone groups is 1. The summed E-state index contributed by atoms with van der Waals surface area (Å²) in [4.78, 5) is 8.03. The van der Waals surface area contributed by atoms with E-state index >= 15 is 0 Å². The second-order valence-corrected chi connectivity index (χ2v) is 3.93. The van der Waals surface area contributed by atoms with Crippen molar-refractivity contribution in [1.29, 1.82) is 0 Å². The molecule has 2 rings (SSSR count). The van der Waals surface area contributed by atoms with E-state index in [2.05, 4.69) is 20.5 Å². The summed E-state index contributed by atoms with van der Waals surface area (Å²) >= 11 is 5.78. The molecule has 0 atom stereocenters. The standard InChI is InChI=1S/C12H10ClFN4/c1-8-16-11(13)6-12(17-8)18-15-7-9-2-4-10(14)5-3-9/h2-7H,1H3,(H,16,17,18). The van der Waals surface area contributed by atoms with Crippen LogP contribution in [0.15, 0.2) is 35.4 Å². The smallest absolute Gasteiger partial charge is 0.151 e. The predicted octanol–water partition coefficient (Wildman–Crippen LogP) is 3.02. The zero-order chi connectivity index (χ0) is 13.0. The predicted molar refractivity (Wildman–Crippen MR) is 69.4 cm³/mol. The van der Waals surface area contributed by atoms with Crippen LogP contribution in [0.4, 0.5) is 10.2 Å². The molecule has 0 saturated heterocycles. The van der Waals surface area contributed by atoms with E-state index in [9.17, 15) is 4.39 Å². The summed E-state index contributed by atoms with van der Waals surface area (Å²) in [7, 11) is 0. The number of nitrogens with zero attached hydrogens (tertiary/aromatic N) is 3. The Balaban J connectivity index is 2.04. The lowest BCUT2D eigenvalue weighted by molar-refractivity contribution is 0.628. The average Bonchev–Trinajstić information content (AvgIpc) is 2.30. The highest BCUT2D eigenvalue weighted by atomic mass is 35.5. The van der Waals surface area contributed by atoms with E-state index in [0.29, 0.717) is 16.8 Å². The van der Waals surface area contributed by atoms with Crippen molar-refractivity contribution in [3.63, 3.8) is 0 Å². The van der Waals surface area contributed by atoms with Gasteiger partial charge in [0.05, 0.1) is 6.21 Å². The highest BCUT2D eigenvalue weighted by Crippen LogP contribution is 2.10. The Labute approximate surface area is 109 Å². The van der Waals surface area contributed by atoms with Crippen LogP contribution in [0.2, 0.25) is 5.15 Å². The highest BCUT2D eigenvalue weighted by molar-refractivity contribution is 6.29. The van der Waals surface area contributed by atoms with Gasteiger partial charge in [-0.05, 0) is 24.6 Å². The van der Waals surface area contributed by atoms with E-state index in [1.807, 2.05) is 0 Å². The molecule has 2 aromatic rings. The lowest BCUT2D eigenvalue weighted by atomic mass is 10.2. The third-order valence-electron chi connectivity index (χ3n) is 2.07. The number of benzene rings is 1. The Kier molecular flexibility index (Phi) is 3.84. The molecule has 0 spiro atoms. The molecule has 0 fully saturated rings. The lowest BCUT2D eigenvalue weighted by Gasteiger charge is -2.00. The Bertz CT molecular complexity index is 549. The van der Waals surface area contributed by atoms with Gasteiger partial charge in [-0.15, -0.1) is 0 Å². The first-order valence-corrected chi connectivity index (χ1v) is 5.57. The molecule has 1 heterocycles. The minimum absolute atomic E-state index is 0.279. The molecular formula is C12H10ClFN4. The minimum atomic E-state index is -0.279. The Hall–Kier alpha value is -2.01. The first-order valence-electron chi connectivity index (χ1n) is 5.19. The van der Waals surface area contributed by atoms with Crippen molar-refractivity contribution in [1.82, 2.24) is 9.97 Å².